The van der Waals surface area contributed by atoms with Gasteiger partial charge in [0.05, 0.1) is 6.61 Å². The van der Waals surface area contributed by atoms with E-state index in [-0.39, 0.29) is 12.1 Å². The Balaban J connectivity index is 1.64. The Morgan fingerprint density at radius 2 is 2.22 bits per heavy atom. The van der Waals surface area contributed by atoms with E-state index < -0.39 is 0 Å². The summed E-state index contributed by atoms with van der Waals surface area (Å²) >= 11 is 3.58. The van der Waals surface area contributed by atoms with Crippen molar-refractivity contribution in [1.82, 2.24) is 5.32 Å². The molecule has 2 aromatic rings. The van der Waals surface area contributed by atoms with Crippen molar-refractivity contribution in [2.24, 2.45) is 0 Å². The highest BCUT2D eigenvalue weighted by atomic mass is 32.1. The highest BCUT2D eigenvalue weighted by molar-refractivity contribution is 7.14. The van der Waals surface area contributed by atoms with E-state index in [1.165, 1.54) is 21.7 Å². The summed E-state index contributed by atoms with van der Waals surface area (Å²) in [6, 6.07) is 6.50. The summed E-state index contributed by atoms with van der Waals surface area (Å²) in [5, 5.41) is 17.3. The molecule has 1 saturated carbocycles. The van der Waals surface area contributed by atoms with Gasteiger partial charge in [0.2, 0.25) is 0 Å². The molecular formula is C14H17NOS2. The van der Waals surface area contributed by atoms with Crippen LogP contribution in [0.25, 0.3) is 10.4 Å². The minimum absolute atomic E-state index is 0.00703. The van der Waals surface area contributed by atoms with Gasteiger partial charge in [0.25, 0.3) is 0 Å². The summed E-state index contributed by atoms with van der Waals surface area (Å²) in [5.41, 5.74) is 1.33. The molecule has 2 nitrogen and oxygen atoms in total. The van der Waals surface area contributed by atoms with Gasteiger partial charge >= 0.3 is 0 Å². The summed E-state index contributed by atoms with van der Waals surface area (Å²) in [6.07, 6.45) is 3.44. The number of hydrogen-bond donors (Lipinski definition) is 2. The van der Waals surface area contributed by atoms with Crippen molar-refractivity contribution in [2.75, 3.05) is 6.61 Å². The van der Waals surface area contributed by atoms with Gasteiger partial charge in [-0.05, 0) is 42.2 Å². The van der Waals surface area contributed by atoms with Crippen molar-refractivity contribution in [3.63, 3.8) is 0 Å². The molecule has 0 amide bonds. The van der Waals surface area contributed by atoms with E-state index in [0.717, 1.165) is 19.4 Å². The molecule has 0 radical (unpaired) electrons. The van der Waals surface area contributed by atoms with Crippen molar-refractivity contribution in [3.8, 4) is 10.4 Å². The van der Waals surface area contributed by atoms with Crippen molar-refractivity contribution in [3.05, 3.63) is 33.8 Å². The molecular weight excluding hydrogens is 262 g/mol. The van der Waals surface area contributed by atoms with Crippen LogP contribution in [0, 0.1) is 0 Å². The van der Waals surface area contributed by atoms with E-state index in [0.29, 0.717) is 0 Å². The molecule has 18 heavy (non-hydrogen) atoms. The molecule has 0 aliphatic heterocycles. The van der Waals surface area contributed by atoms with Crippen LogP contribution >= 0.6 is 22.7 Å². The first-order chi connectivity index (χ1) is 8.81. The van der Waals surface area contributed by atoms with Crippen molar-refractivity contribution < 1.29 is 5.11 Å². The van der Waals surface area contributed by atoms with E-state index in [4.69, 9.17) is 0 Å². The van der Waals surface area contributed by atoms with Crippen LogP contribution in [-0.2, 0) is 6.54 Å². The maximum Gasteiger partial charge on any atom is 0.0613 e. The largest absolute Gasteiger partial charge is 0.394 e. The van der Waals surface area contributed by atoms with Crippen molar-refractivity contribution in [1.29, 1.82) is 0 Å². The third-order valence-corrected chi connectivity index (χ3v) is 5.57. The third kappa shape index (κ3) is 2.38. The molecule has 1 aliphatic carbocycles. The van der Waals surface area contributed by atoms with Crippen LogP contribution in [0.15, 0.2) is 29.0 Å². The SMILES string of the molecule is OCC1(NCc2cc(-c3cccs3)cs2)CCC1. The van der Waals surface area contributed by atoms with Crippen LogP contribution in [0.4, 0.5) is 0 Å². The molecule has 0 bridgehead atoms. The zero-order chi connectivity index (χ0) is 12.4. The number of aliphatic hydroxyl groups excluding tert-OH is 1. The van der Waals surface area contributed by atoms with Gasteiger partial charge in [-0.25, -0.2) is 0 Å². The molecule has 96 valence electrons. The van der Waals surface area contributed by atoms with E-state index >= 15 is 0 Å². The first-order valence-corrected chi connectivity index (χ1v) is 8.04. The van der Waals surface area contributed by atoms with Gasteiger partial charge < -0.3 is 10.4 Å². The molecule has 2 heterocycles. The summed E-state index contributed by atoms with van der Waals surface area (Å²) in [4.78, 5) is 2.68. The summed E-state index contributed by atoms with van der Waals surface area (Å²) < 4.78 is 0. The fraction of sp³-hybridized carbons (Fsp3) is 0.429. The van der Waals surface area contributed by atoms with Crippen LogP contribution in [-0.4, -0.2) is 17.3 Å². The highest BCUT2D eigenvalue weighted by Crippen LogP contribution is 2.33. The first kappa shape index (κ1) is 12.4. The lowest BCUT2D eigenvalue weighted by atomic mass is 9.77. The Kier molecular flexibility index (Phi) is 3.52. The molecule has 0 saturated heterocycles. The molecule has 1 aliphatic rings. The second-order valence-electron chi connectivity index (χ2n) is 4.92. The number of rotatable bonds is 5. The zero-order valence-electron chi connectivity index (χ0n) is 10.2. The second-order valence-corrected chi connectivity index (χ2v) is 6.87. The fourth-order valence-corrected chi connectivity index (χ4v) is 3.93. The fourth-order valence-electron chi connectivity index (χ4n) is 2.31. The highest BCUT2D eigenvalue weighted by Gasteiger charge is 2.35. The molecule has 2 N–H and O–H groups in total. The number of aliphatic hydroxyl groups is 1. The monoisotopic (exact) mass is 279 g/mol. The smallest absolute Gasteiger partial charge is 0.0613 e. The van der Waals surface area contributed by atoms with E-state index in [9.17, 15) is 5.11 Å². The van der Waals surface area contributed by atoms with Crippen LogP contribution in [0.5, 0.6) is 0 Å². The van der Waals surface area contributed by atoms with Crippen LogP contribution in [0.3, 0.4) is 0 Å². The van der Waals surface area contributed by atoms with Gasteiger partial charge in [-0.15, -0.1) is 22.7 Å². The lowest BCUT2D eigenvalue weighted by Crippen LogP contribution is -2.53. The number of hydrogen-bond acceptors (Lipinski definition) is 4. The van der Waals surface area contributed by atoms with Crippen LogP contribution in [0.1, 0.15) is 24.1 Å². The van der Waals surface area contributed by atoms with Gasteiger partial charge in [-0.2, -0.15) is 0 Å². The topological polar surface area (TPSA) is 32.3 Å². The second kappa shape index (κ2) is 5.13. The van der Waals surface area contributed by atoms with Gasteiger partial charge in [0.15, 0.2) is 0 Å². The minimum Gasteiger partial charge on any atom is -0.394 e. The molecule has 0 atom stereocenters. The molecule has 3 rings (SSSR count). The molecule has 2 aromatic heterocycles. The third-order valence-electron chi connectivity index (χ3n) is 3.71. The Hall–Kier alpha value is -0.680. The Labute approximate surface area is 115 Å². The number of thiophene rings is 2. The zero-order valence-corrected chi connectivity index (χ0v) is 11.8. The molecule has 0 aromatic carbocycles. The molecule has 4 heteroatoms. The van der Waals surface area contributed by atoms with E-state index in [1.807, 2.05) is 0 Å². The normalized spacial score (nSPS) is 17.6. The predicted octanol–water partition coefficient (Wildman–Crippen LogP) is 3.48. The maximum atomic E-state index is 9.41. The van der Waals surface area contributed by atoms with Crippen LogP contribution < -0.4 is 5.32 Å². The van der Waals surface area contributed by atoms with Crippen LogP contribution in [0.2, 0.25) is 0 Å². The maximum absolute atomic E-state index is 9.41. The predicted molar refractivity (Wildman–Crippen MR) is 78.1 cm³/mol. The Morgan fingerprint density at radius 1 is 1.33 bits per heavy atom. The average molecular weight is 279 g/mol. The standard InChI is InChI=1S/C14H17NOS2/c16-10-14(4-2-5-14)15-8-12-7-11(9-18-12)13-3-1-6-17-13/h1,3,6-7,9,15-16H,2,4-5,8,10H2. The van der Waals surface area contributed by atoms with Gasteiger partial charge in [-0.1, -0.05) is 6.07 Å². The summed E-state index contributed by atoms with van der Waals surface area (Å²) in [5.74, 6) is 0. The first-order valence-electron chi connectivity index (χ1n) is 6.29. The molecule has 1 fully saturated rings. The molecule has 0 spiro atoms. The number of nitrogens with one attached hydrogen (secondary N) is 1. The van der Waals surface area contributed by atoms with Crippen molar-refractivity contribution >= 4 is 22.7 Å². The van der Waals surface area contributed by atoms with Crippen molar-refractivity contribution in [2.45, 2.75) is 31.3 Å². The van der Waals surface area contributed by atoms with Gasteiger partial charge in [0, 0.05) is 27.4 Å². The van der Waals surface area contributed by atoms with Gasteiger partial charge in [-0.3, -0.25) is 0 Å². The quantitative estimate of drug-likeness (QED) is 0.878. The summed E-state index contributed by atoms with van der Waals surface area (Å²) in [7, 11) is 0. The average Bonchev–Trinajstić information content (AvgIpc) is 2.98. The Morgan fingerprint density at radius 3 is 2.83 bits per heavy atom. The molecule has 0 unspecified atom stereocenters. The van der Waals surface area contributed by atoms with E-state index in [1.54, 1.807) is 22.7 Å². The lowest BCUT2D eigenvalue weighted by molar-refractivity contribution is 0.0875. The minimum atomic E-state index is 0.00703. The van der Waals surface area contributed by atoms with Gasteiger partial charge in [0.1, 0.15) is 0 Å². The Bertz CT molecular complexity index is 494. The lowest BCUT2D eigenvalue weighted by Gasteiger charge is -2.41. The summed E-state index contributed by atoms with van der Waals surface area (Å²) in [6.45, 7) is 1.13. The van der Waals surface area contributed by atoms with E-state index in [2.05, 4.69) is 34.3 Å².